The minimum Gasteiger partial charge on any atom is -0.477 e. The van der Waals surface area contributed by atoms with E-state index in [0.717, 1.165) is 39.4 Å². The lowest BCUT2D eigenvalue weighted by Gasteiger charge is -2.29. The van der Waals surface area contributed by atoms with Crippen LogP contribution in [0.5, 0.6) is 5.88 Å². The van der Waals surface area contributed by atoms with Gasteiger partial charge in [0.1, 0.15) is 0 Å². The molecule has 5 heteroatoms. The molecule has 2 aliphatic rings. The molecule has 0 radical (unpaired) electrons. The summed E-state index contributed by atoms with van der Waals surface area (Å²) >= 11 is 0. The average Bonchev–Trinajstić information content (AvgIpc) is 2.39. The summed E-state index contributed by atoms with van der Waals surface area (Å²) in [7, 11) is 0. The number of rotatable bonds is 4. The van der Waals surface area contributed by atoms with Crippen molar-refractivity contribution in [3.8, 4) is 5.88 Å². The summed E-state index contributed by atoms with van der Waals surface area (Å²) in [5, 5.41) is 3.34. The topological polar surface area (TPSA) is 46.6 Å². The molecule has 0 unspecified atom stereocenters. The van der Waals surface area contributed by atoms with Crippen LogP contribution in [0, 0.1) is 5.92 Å². The first-order valence-corrected chi connectivity index (χ1v) is 6.54. The lowest BCUT2D eigenvalue weighted by molar-refractivity contribution is -0.0514. The van der Waals surface area contributed by atoms with Crippen molar-refractivity contribution in [2.75, 3.05) is 50.9 Å². The lowest BCUT2D eigenvalue weighted by Crippen LogP contribution is -2.43. The third kappa shape index (κ3) is 2.73. The van der Waals surface area contributed by atoms with Crippen LogP contribution in [0.1, 0.15) is 0 Å². The van der Waals surface area contributed by atoms with Gasteiger partial charge in [-0.15, -0.1) is 0 Å². The van der Waals surface area contributed by atoms with Crippen molar-refractivity contribution in [2.45, 2.75) is 0 Å². The minimum atomic E-state index is 0.541. The number of hydrogen-bond acceptors (Lipinski definition) is 5. The van der Waals surface area contributed by atoms with Gasteiger partial charge in [-0.25, -0.2) is 4.98 Å². The van der Waals surface area contributed by atoms with Crippen LogP contribution in [0.15, 0.2) is 18.3 Å². The van der Waals surface area contributed by atoms with Crippen molar-refractivity contribution in [3.63, 3.8) is 0 Å². The van der Waals surface area contributed by atoms with Gasteiger partial charge < -0.3 is 19.7 Å². The Morgan fingerprint density at radius 3 is 2.78 bits per heavy atom. The number of aromatic nitrogens is 1. The van der Waals surface area contributed by atoms with Gasteiger partial charge in [-0.2, -0.15) is 0 Å². The van der Waals surface area contributed by atoms with E-state index in [-0.39, 0.29) is 0 Å². The van der Waals surface area contributed by atoms with Gasteiger partial charge in [0.25, 0.3) is 0 Å². The van der Waals surface area contributed by atoms with E-state index in [9.17, 15) is 0 Å². The van der Waals surface area contributed by atoms with Gasteiger partial charge in [-0.1, -0.05) is 0 Å². The molecule has 3 rings (SSSR count). The summed E-state index contributed by atoms with van der Waals surface area (Å²) in [4.78, 5) is 6.70. The second kappa shape index (κ2) is 5.54. The highest BCUT2D eigenvalue weighted by Crippen LogP contribution is 2.18. The third-order valence-electron chi connectivity index (χ3n) is 3.38. The molecule has 2 fully saturated rings. The highest BCUT2D eigenvalue weighted by atomic mass is 16.5. The van der Waals surface area contributed by atoms with E-state index in [1.165, 1.54) is 5.69 Å². The second-order valence-electron chi connectivity index (χ2n) is 4.81. The lowest BCUT2D eigenvalue weighted by atomic mass is 10.1. The summed E-state index contributed by atoms with van der Waals surface area (Å²) in [6.45, 7) is 6.51. The Labute approximate surface area is 107 Å². The summed E-state index contributed by atoms with van der Waals surface area (Å²) in [5.41, 5.74) is 1.18. The van der Waals surface area contributed by atoms with Crippen LogP contribution in [0.4, 0.5) is 5.69 Å². The zero-order valence-corrected chi connectivity index (χ0v) is 10.5. The summed E-state index contributed by atoms with van der Waals surface area (Å²) in [5.74, 6) is 1.25. The van der Waals surface area contributed by atoms with E-state index in [2.05, 4.69) is 21.3 Å². The van der Waals surface area contributed by atoms with E-state index >= 15 is 0 Å². The van der Waals surface area contributed by atoms with E-state index in [1.807, 2.05) is 12.3 Å². The predicted molar refractivity (Wildman–Crippen MR) is 69.1 cm³/mol. The quantitative estimate of drug-likeness (QED) is 0.843. The molecule has 0 amide bonds. The van der Waals surface area contributed by atoms with E-state index in [4.69, 9.17) is 9.47 Å². The number of anilines is 1. The third-order valence-corrected chi connectivity index (χ3v) is 3.38. The second-order valence-corrected chi connectivity index (χ2v) is 4.81. The molecule has 2 aliphatic heterocycles. The van der Waals surface area contributed by atoms with Crippen LogP contribution in [0.2, 0.25) is 0 Å². The minimum absolute atomic E-state index is 0.541. The normalized spacial score (nSPS) is 20.6. The zero-order valence-electron chi connectivity index (χ0n) is 10.5. The fourth-order valence-corrected chi connectivity index (χ4v) is 2.15. The van der Waals surface area contributed by atoms with E-state index < -0.39 is 0 Å². The molecule has 1 aromatic heterocycles. The molecule has 5 nitrogen and oxygen atoms in total. The van der Waals surface area contributed by atoms with Gasteiger partial charge in [-0.3, -0.25) is 0 Å². The Morgan fingerprint density at radius 1 is 1.33 bits per heavy atom. The van der Waals surface area contributed by atoms with Crippen LogP contribution >= 0.6 is 0 Å². The SMILES string of the molecule is c1cc(OCC2COC2)ncc1N1CCNCC1. The molecule has 0 bridgehead atoms. The maximum absolute atomic E-state index is 5.63. The summed E-state index contributed by atoms with van der Waals surface area (Å²) < 4.78 is 10.7. The molecule has 0 saturated carbocycles. The molecular formula is C13H19N3O2. The first kappa shape index (κ1) is 11.7. The molecule has 1 aromatic rings. The van der Waals surface area contributed by atoms with Crippen molar-refractivity contribution in [2.24, 2.45) is 5.92 Å². The Hall–Kier alpha value is -1.33. The monoisotopic (exact) mass is 249 g/mol. The predicted octanol–water partition coefficient (Wildman–Crippen LogP) is 0.516. The Balaban J connectivity index is 1.54. The number of hydrogen-bond donors (Lipinski definition) is 1. The average molecular weight is 249 g/mol. The van der Waals surface area contributed by atoms with Crippen molar-refractivity contribution in [3.05, 3.63) is 18.3 Å². The number of ether oxygens (including phenoxy) is 2. The molecule has 98 valence electrons. The number of pyridine rings is 1. The first-order valence-electron chi connectivity index (χ1n) is 6.54. The van der Waals surface area contributed by atoms with Gasteiger partial charge in [0, 0.05) is 38.2 Å². The molecule has 1 N–H and O–H groups in total. The van der Waals surface area contributed by atoms with E-state index in [1.54, 1.807) is 0 Å². The molecular weight excluding hydrogens is 230 g/mol. The Bertz CT molecular complexity index is 372. The molecule has 2 saturated heterocycles. The smallest absolute Gasteiger partial charge is 0.213 e. The molecule has 0 aliphatic carbocycles. The Kier molecular flexibility index (Phi) is 3.61. The highest BCUT2D eigenvalue weighted by molar-refractivity contribution is 5.45. The van der Waals surface area contributed by atoms with Gasteiger partial charge in [0.05, 0.1) is 31.7 Å². The summed E-state index contributed by atoms with van der Waals surface area (Å²) in [6, 6.07) is 4.04. The Morgan fingerprint density at radius 2 is 2.17 bits per heavy atom. The zero-order chi connectivity index (χ0) is 12.2. The number of piperazine rings is 1. The van der Waals surface area contributed by atoms with Gasteiger partial charge in [0.15, 0.2) is 0 Å². The van der Waals surface area contributed by atoms with Gasteiger partial charge >= 0.3 is 0 Å². The van der Waals surface area contributed by atoms with E-state index in [0.29, 0.717) is 18.4 Å². The maximum atomic E-state index is 5.63. The molecule has 0 aromatic carbocycles. The number of nitrogens with zero attached hydrogens (tertiary/aromatic N) is 2. The molecule has 0 spiro atoms. The largest absolute Gasteiger partial charge is 0.477 e. The molecule has 0 atom stereocenters. The van der Waals surface area contributed by atoms with Crippen molar-refractivity contribution in [1.29, 1.82) is 0 Å². The van der Waals surface area contributed by atoms with Crippen LogP contribution in [-0.4, -0.2) is 51.0 Å². The van der Waals surface area contributed by atoms with Crippen LogP contribution < -0.4 is 15.0 Å². The standard InChI is InChI=1S/C13H19N3O2/c1-2-13(18-10-11-8-17-9-11)15-7-12(1)16-5-3-14-4-6-16/h1-2,7,11,14H,3-6,8-10H2. The van der Waals surface area contributed by atoms with Crippen molar-refractivity contribution >= 4 is 5.69 Å². The maximum Gasteiger partial charge on any atom is 0.213 e. The van der Waals surface area contributed by atoms with Gasteiger partial charge in [0.2, 0.25) is 5.88 Å². The van der Waals surface area contributed by atoms with Crippen molar-refractivity contribution < 1.29 is 9.47 Å². The van der Waals surface area contributed by atoms with Crippen LogP contribution in [-0.2, 0) is 4.74 Å². The first-order chi connectivity index (χ1) is 8.92. The fraction of sp³-hybridized carbons (Fsp3) is 0.615. The van der Waals surface area contributed by atoms with Crippen LogP contribution in [0.25, 0.3) is 0 Å². The van der Waals surface area contributed by atoms with Gasteiger partial charge in [-0.05, 0) is 6.07 Å². The molecule has 18 heavy (non-hydrogen) atoms. The number of nitrogens with one attached hydrogen (secondary N) is 1. The summed E-state index contributed by atoms with van der Waals surface area (Å²) in [6.07, 6.45) is 1.90. The van der Waals surface area contributed by atoms with Crippen LogP contribution in [0.3, 0.4) is 0 Å². The molecule has 3 heterocycles. The highest BCUT2D eigenvalue weighted by Gasteiger charge is 2.19. The van der Waals surface area contributed by atoms with Crippen molar-refractivity contribution in [1.82, 2.24) is 10.3 Å². The fourth-order valence-electron chi connectivity index (χ4n) is 2.15.